The highest BCUT2D eigenvalue weighted by atomic mass is 16.5. The van der Waals surface area contributed by atoms with Crippen LogP contribution in [0.2, 0.25) is 0 Å². The Bertz CT molecular complexity index is 239. The van der Waals surface area contributed by atoms with Crippen molar-refractivity contribution in [1.82, 2.24) is 9.80 Å². The van der Waals surface area contributed by atoms with E-state index in [1.54, 1.807) is 0 Å². The number of aliphatic hydroxyl groups excluding tert-OH is 1. The van der Waals surface area contributed by atoms with Crippen LogP contribution in [-0.2, 0) is 9.47 Å². The molecule has 5 heteroatoms. The van der Waals surface area contributed by atoms with Crippen molar-refractivity contribution in [2.45, 2.75) is 32.0 Å². The Balaban J connectivity index is 1.52. The standard InChI is InChI=1S/C14H28N2O3/c1-2-15-5-7-16(8-6-15)10-13(17)11-18-12-14-4-3-9-19-14/h13-14,17H,2-12H2,1H3. The van der Waals surface area contributed by atoms with Gasteiger partial charge in [0.05, 0.1) is 25.4 Å². The fourth-order valence-corrected chi connectivity index (χ4v) is 2.75. The molecule has 0 aromatic heterocycles. The largest absolute Gasteiger partial charge is 0.389 e. The lowest BCUT2D eigenvalue weighted by atomic mass is 10.2. The van der Waals surface area contributed by atoms with Gasteiger partial charge in [-0.1, -0.05) is 6.92 Å². The number of ether oxygens (including phenoxy) is 2. The molecule has 112 valence electrons. The summed E-state index contributed by atoms with van der Waals surface area (Å²) < 4.78 is 11.0. The Morgan fingerprint density at radius 1 is 1.26 bits per heavy atom. The molecule has 0 bridgehead atoms. The van der Waals surface area contributed by atoms with Gasteiger partial charge in [0.1, 0.15) is 0 Å². The minimum atomic E-state index is -0.380. The van der Waals surface area contributed by atoms with Crippen LogP contribution in [0.1, 0.15) is 19.8 Å². The van der Waals surface area contributed by atoms with E-state index in [9.17, 15) is 5.11 Å². The van der Waals surface area contributed by atoms with Crippen molar-refractivity contribution >= 4 is 0 Å². The van der Waals surface area contributed by atoms with Crippen LogP contribution in [0.25, 0.3) is 0 Å². The second-order valence-corrected chi connectivity index (χ2v) is 5.56. The SMILES string of the molecule is CCN1CCN(CC(O)COCC2CCCO2)CC1. The average Bonchev–Trinajstić information content (AvgIpc) is 2.93. The molecule has 2 aliphatic rings. The van der Waals surface area contributed by atoms with Gasteiger partial charge in [0.15, 0.2) is 0 Å². The van der Waals surface area contributed by atoms with Gasteiger partial charge in [-0.15, -0.1) is 0 Å². The van der Waals surface area contributed by atoms with Gasteiger partial charge < -0.3 is 19.5 Å². The normalized spacial score (nSPS) is 27.8. The van der Waals surface area contributed by atoms with Gasteiger partial charge in [0, 0.05) is 39.3 Å². The van der Waals surface area contributed by atoms with Crippen molar-refractivity contribution in [2.75, 3.05) is 59.1 Å². The van der Waals surface area contributed by atoms with Gasteiger partial charge in [0.25, 0.3) is 0 Å². The summed E-state index contributed by atoms with van der Waals surface area (Å²) in [5.74, 6) is 0. The van der Waals surface area contributed by atoms with E-state index >= 15 is 0 Å². The van der Waals surface area contributed by atoms with E-state index in [1.165, 1.54) is 0 Å². The molecule has 0 radical (unpaired) electrons. The van der Waals surface area contributed by atoms with E-state index in [0.717, 1.165) is 58.7 Å². The van der Waals surface area contributed by atoms with Crippen molar-refractivity contribution in [3.8, 4) is 0 Å². The maximum Gasteiger partial charge on any atom is 0.0900 e. The molecule has 2 heterocycles. The van der Waals surface area contributed by atoms with Crippen LogP contribution in [0, 0.1) is 0 Å². The van der Waals surface area contributed by atoms with Gasteiger partial charge in [-0.25, -0.2) is 0 Å². The fraction of sp³-hybridized carbons (Fsp3) is 1.00. The van der Waals surface area contributed by atoms with Crippen molar-refractivity contribution < 1.29 is 14.6 Å². The van der Waals surface area contributed by atoms with Crippen LogP contribution in [0.3, 0.4) is 0 Å². The second kappa shape index (κ2) is 8.17. The third-order valence-corrected chi connectivity index (χ3v) is 4.02. The Hall–Kier alpha value is -0.200. The van der Waals surface area contributed by atoms with Gasteiger partial charge in [-0.2, -0.15) is 0 Å². The Labute approximate surface area is 116 Å². The highest BCUT2D eigenvalue weighted by molar-refractivity contribution is 4.73. The van der Waals surface area contributed by atoms with Crippen LogP contribution in [0.15, 0.2) is 0 Å². The van der Waals surface area contributed by atoms with Crippen molar-refractivity contribution in [2.24, 2.45) is 0 Å². The molecule has 5 nitrogen and oxygen atoms in total. The molecule has 2 fully saturated rings. The van der Waals surface area contributed by atoms with E-state index in [1.807, 2.05) is 0 Å². The predicted octanol–water partition coefficient (Wildman–Crippen LogP) is 0.180. The minimum Gasteiger partial charge on any atom is -0.389 e. The molecule has 2 unspecified atom stereocenters. The molecule has 2 rings (SSSR count). The van der Waals surface area contributed by atoms with E-state index in [-0.39, 0.29) is 12.2 Å². The first-order valence-corrected chi connectivity index (χ1v) is 7.60. The third-order valence-electron chi connectivity index (χ3n) is 4.02. The topological polar surface area (TPSA) is 45.2 Å². The quantitative estimate of drug-likeness (QED) is 0.716. The van der Waals surface area contributed by atoms with Gasteiger partial charge in [0.2, 0.25) is 0 Å². The molecule has 1 N–H and O–H groups in total. The van der Waals surface area contributed by atoms with Crippen LogP contribution < -0.4 is 0 Å². The molecule has 2 aliphatic heterocycles. The fourth-order valence-electron chi connectivity index (χ4n) is 2.75. The molecule has 0 aromatic rings. The highest BCUT2D eigenvalue weighted by Crippen LogP contribution is 2.12. The lowest BCUT2D eigenvalue weighted by Crippen LogP contribution is -2.48. The zero-order valence-electron chi connectivity index (χ0n) is 12.1. The monoisotopic (exact) mass is 272 g/mol. The highest BCUT2D eigenvalue weighted by Gasteiger charge is 2.19. The summed E-state index contributed by atoms with van der Waals surface area (Å²) in [5, 5.41) is 9.98. The molecular weight excluding hydrogens is 244 g/mol. The summed E-state index contributed by atoms with van der Waals surface area (Å²) in [6.07, 6.45) is 2.10. The maximum absolute atomic E-state index is 9.98. The van der Waals surface area contributed by atoms with Gasteiger partial charge in [-0.05, 0) is 19.4 Å². The van der Waals surface area contributed by atoms with Crippen LogP contribution in [-0.4, -0.2) is 86.2 Å². The van der Waals surface area contributed by atoms with E-state index in [2.05, 4.69) is 16.7 Å². The van der Waals surface area contributed by atoms with E-state index in [4.69, 9.17) is 9.47 Å². The molecule has 0 spiro atoms. The van der Waals surface area contributed by atoms with Crippen LogP contribution >= 0.6 is 0 Å². The number of likely N-dealkylation sites (N-methyl/N-ethyl adjacent to an activating group) is 1. The molecule has 2 saturated heterocycles. The summed E-state index contributed by atoms with van der Waals surface area (Å²) in [5.41, 5.74) is 0. The average molecular weight is 272 g/mol. The number of aliphatic hydroxyl groups is 1. The number of hydrogen-bond donors (Lipinski definition) is 1. The zero-order valence-corrected chi connectivity index (χ0v) is 12.1. The second-order valence-electron chi connectivity index (χ2n) is 5.56. The molecule has 0 aliphatic carbocycles. The van der Waals surface area contributed by atoms with Crippen molar-refractivity contribution in [1.29, 1.82) is 0 Å². The third kappa shape index (κ3) is 5.36. The Morgan fingerprint density at radius 2 is 2.00 bits per heavy atom. The number of β-amino-alcohol motifs (C(OH)–C–C–N with tert-alkyl or cyclic N) is 1. The first-order chi connectivity index (χ1) is 9.28. The molecule has 0 saturated carbocycles. The summed E-state index contributed by atoms with van der Waals surface area (Å²) in [6.45, 7) is 10.3. The maximum atomic E-state index is 9.98. The summed E-state index contributed by atoms with van der Waals surface area (Å²) in [4.78, 5) is 4.77. The Kier molecular flexibility index (Phi) is 6.53. The van der Waals surface area contributed by atoms with E-state index < -0.39 is 0 Å². The van der Waals surface area contributed by atoms with Crippen LogP contribution in [0.4, 0.5) is 0 Å². The first-order valence-electron chi connectivity index (χ1n) is 7.60. The zero-order chi connectivity index (χ0) is 13.5. The van der Waals surface area contributed by atoms with Crippen molar-refractivity contribution in [3.63, 3.8) is 0 Å². The summed E-state index contributed by atoms with van der Waals surface area (Å²) in [7, 11) is 0. The molecule has 0 amide bonds. The molecule has 2 atom stereocenters. The molecule has 0 aromatic carbocycles. The summed E-state index contributed by atoms with van der Waals surface area (Å²) >= 11 is 0. The number of rotatable bonds is 7. The van der Waals surface area contributed by atoms with Gasteiger partial charge >= 0.3 is 0 Å². The predicted molar refractivity (Wildman–Crippen MR) is 74.4 cm³/mol. The number of nitrogens with zero attached hydrogens (tertiary/aromatic N) is 2. The first kappa shape index (κ1) is 15.2. The molecular formula is C14H28N2O3. The summed E-state index contributed by atoms with van der Waals surface area (Å²) in [6, 6.07) is 0. The smallest absolute Gasteiger partial charge is 0.0900 e. The Morgan fingerprint density at radius 3 is 2.63 bits per heavy atom. The lowest BCUT2D eigenvalue weighted by Gasteiger charge is -2.34. The van der Waals surface area contributed by atoms with Crippen molar-refractivity contribution in [3.05, 3.63) is 0 Å². The van der Waals surface area contributed by atoms with Gasteiger partial charge in [-0.3, -0.25) is 4.90 Å². The minimum absolute atomic E-state index is 0.250. The number of piperazine rings is 1. The van der Waals surface area contributed by atoms with Crippen LogP contribution in [0.5, 0.6) is 0 Å². The van der Waals surface area contributed by atoms with E-state index in [0.29, 0.717) is 13.2 Å². The lowest BCUT2D eigenvalue weighted by molar-refractivity contribution is -0.0284. The molecule has 19 heavy (non-hydrogen) atoms. The number of hydrogen-bond acceptors (Lipinski definition) is 5.